The highest BCUT2D eigenvalue weighted by atomic mass is 16.5. The molecule has 0 aromatic heterocycles. The molecule has 1 rings (SSSR count). The highest BCUT2D eigenvalue weighted by Gasteiger charge is 2.16. The largest absolute Gasteiger partial charge is 0.391 e. The summed E-state index contributed by atoms with van der Waals surface area (Å²) in [5, 5.41) is 15.5. The molecule has 1 aromatic rings. The van der Waals surface area contributed by atoms with E-state index in [1.807, 2.05) is 52.0 Å². The van der Waals surface area contributed by atoms with Crippen LogP contribution < -0.4 is 10.6 Å². The Kier molecular flexibility index (Phi) is 8.66. The molecule has 0 aliphatic carbocycles. The fourth-order valence-electron chi connectivity index (χ4n) is 2.37. The first-order chi connectivity index (χ1) is 11.0. The average Bonchev–Trinajstić information content (AvgIpc) is 2.52. The maximum atomic E-state index is 11.9. The number of carbonyl (C=O) groups is 1. The molecule has 1 unspecified atom stereocenters. The number of amides is 2. The summed E-state index contributed by atoms with van der Waals surface area (Å²) in [7, 11) is 0. The van der Waals surface area contributed by atoms with Gasteiger partial charge in [-0.3, -0.25) is 0 Å². The van der Waals surface area contributed by atoms with Gasteiger partial charge < -0.3 is 20.5 Å². The van der Waals surface area contributed by atoms with Gasteiger partial charge in [-0.15, -0.1) is 0 Å². The molecule has 0 heterocycles. The molecule has 2 amide bonds. The van der Waals surface area contributed by atoms with E-state index in [2.05, 4.69) is 10.6 Å². The monoisotopic (exact) mass is 322 g/mol. The van der Waals surface area contributed by atoms with Crippen molar-refractivity contribution >= 4 is 11.7 Å². The first kappa shape index (κ1) is 19.5. The summed E-state index contributed by atoms with van der Waals surface area (Å²) in [4.78, 5) is 11.9. The summed E-state index contributed by atoms with van der Waals surface area (Å²) in [5.41, 5.74) is 1.72. The number of rotatable bonds is 9. The molecule has 5 nitrogen and oxygen atoms in total. The Morgan fingerprint density at radius 3 is 2.57 bits per heavy atom. The predicted molar refractivity (Wildman–Crippen MR) is 93.5 cm³/mol. The lowest BCUT2D eigenvalue weighted by molar-refractivity contribution is 0.0657. The molecule has 1 atom stereocenters. The number of carbonyl (C=O) groups excluding carboxylic acids is 1. The summed E-state index contributed by atoms with van der Waals surface area (Å²) < 4.78 is 5.56. The normalized spacial score (nSPS) is 12.5. The van der Waals surface area contributed by atoms with Crippen molar-refractivity contribution in [2.75, 3.05) is 11.9 Å². The molecule has 0 spiro atoms. The Morgan fingerprint density at radius 1 is 1.26 bits per heavy atom. The summed E-state index contributed by atoms with van der Waals surface area (Å²) in [6.45, 7) is 8.84. The van der Waals surface area contributed by atoms with E-state index in [0.29, 0.717) is 12.3 Å². The lowest BCUT2D eigenvalue weighted by atomic mass is 9.97. The van der Waals surface area contributed by atoms with E-state index in [0.717, 1.165) is 18.4 Å². The van der Waals surface area contributed by atoms with Gasteiger partial charge in [0.15, 0.2) is 0 Å². The number of ether oxygens (including phenoxy) is 1. The van der Waals surface area contributed by atoms with Crippen molar-refractivity contribution < 1.29 is 14.6 Å². The number of aliphatic hydroxyl groups is 1. The van der Waals surface area contributed by atoms with Crippen LogP contribution in [0.4, 0.5) is 10.5 Å². The quantitative estimate of drug-likeness (QED) is 0.651. The minimum Gasteiger partial charge on any atom is -0.391 e. The molecule has 0 saturated heterocycles. The third-order valence-corrected chi connectivity index (χ3v) is 3.83. The van der Waals surface area contributed by atoms with Crippen LogP contribution in [0.15, 0.2) is 24.3 Å². The highest BCUT2D eigenvalue weighted by molar-refractivity contribution is 5.89. The average molecular weight is 322 g/mol. The van der Waals surface area contributed by atoms with Crippen LogP contribution in [0, 0.1) is 5.92 Å². The van der Waals surface area contributed by atoms with Gasteiger partial charge in [-0.25, -0.2) is 4.79 Å². The van der Waals surface area contributed by atoms with Gasteiger partial charge in [0, 0.05) is 12.2 Å². The van der Waals surface area contributed by atoms with E-state index < -0.39 is 6.10 Å². The minimum atomic E-state index is -0.512. The van der Waals surface area contributed by atoms with E-state index in [1.165, 1.54) is 0 Å². The van der Waals surface area contributed by atoms with Gasteiger partial charge in [0.2, 0.25) is 0 Å². The lowest BCUT2D eigenvalue weighted by Crippen LogP contribution is -2.38. The van der Waals surface area contributed by atoms with Crippen LogP contribution in [0.1, 0.15) is 46.1 Å². The zero-order valence-corrected chi connectivity index (χ0v) is 14.6. The number of hydrogen-bond acceptors (Lipinski definition) is 3. The van der Waals surface area contributed by atoms with Gasteiger partial charge in [-0.05, 0) is 37.5 Å². The molecule has 0 aliphatic heterocycles. The van der Waals surface area contributed by atoms with Gasteiger partial charge in [0.05, 0.1) is 18.8 Å². The van der Waals surface area contributed by atoms with Crippen molar-refractivity contribution in [2.45, 2.75) is 59.4 Å². The maximum Gasteiger partial charge on any atom is 0.319 e. The SMILES string of the molecule is CCC(CC)C(O)CNC(=O)Nc1cccc(COC(C)C)c1. The first-order valence-corrected chi connectivity index (χ1v) is 8.39. The topological polar surface area (TPSA) is 70.6 Å². The number of anilines is 1. The second kappa shape index (κ2) is 10.2. The van der Waals surface area contributed by atoms with Crippen LogP contribution in [0.5, 0.6) is 0 Å². The number of hydrogen-bond donors (Lipinski definition) is 3. The number of nitrogens with one attached hydrogen (secondary N) is 2. The van der Waals surface area contributed by atoms with Crippen LogP contribution in [0.3, 0.4) is 0 Å². The zero-order valence-electron chi connectivity index (χ0n) is 14.6. The maximum absolute atomic E-state index is 11.9. The van der Waals surface area contributed by atoms with Gasteiger partial charge >= 0.3 is 6.03 Å². The van der Waals surface area contributed by atoms with Crippen LogP contribution in [0.2, 0.25) is 0 Å². The Balaban J connectivity index is 2.46. The minimum absolute atomic E-state index is 0.168. The smallest absolute Gasteiger partial charge is 0.319 e. The zero-order chi connectivity index (χ0) is 17.2. The standard InChI is InChI=1S/C18H30N2O3/c1-5-15(6-2)17(21)11-19-18(22)20-16-9-7-8-14(10-16)12-23-13(3)4/h7-10,13,15,17,21H,5-6,11-12H2,1-4H3,(H2,19,20,22). The van der Waals surface area contributed by atoms with Crippen molar-refractivity contribution in [3.05, 3.63) is 29.8 Å². The molecule has 23 heavy (non-hydrogen) atoms. The molecule has 5 heteroatoms. The summed E-state index contributed by atoms with van der Waals surface area (Å²) in [6.07, 6.45) is 1.46. The van der Waals surface area contributed by atoms with Crippen LogP contribution in [0.25, 0.3) is 0 Å². The van der Waals surface area contributed by atoms with Crippen LogP contribution in [-0.4, -0.2) is 29.9 Å². The van der Waals surface area contributed by atoms with Gasteiger partial charge in [0.25, 0.3) is 0 Å². The van der Waals surface area contributed by atoms with Crippen molar-refractivity contribution in [3.8, 4) is 0 Å². The van der Waals surface area contributed by atoms with E-state index >= 15 is 0 Å². The van der Waals surface area contributed by atoms with Gasteiger partial charge in [-0.2, -0.15) is 0 Å². The first-order valence-electron chi connectivity index (χ1n) is 8.39. The molecular weight excluding hydrogens is 292 g/mol. The lowest BCUT2D eigenvalue weighted by Gasteiger charge is -2.20. The fourth-order valence-corrected chi connectivity index (χ4v) is 2.37. The Hall–Kier alpha value is -1.59. The fraction of sp³-hybridized carbons (Fsp3) is 0.611. The van der Waals surface area contributed by atoms with E-state index in [9.17, 15) is 9.90 Å². The molecular formula is C18H30N2O3. The van der Waals surface area contributed by atoms with E-state index in [4.69, 9.17) is 4.74 Å². The highest BCUT2D eigenvalue weighted by Crippen LogP contribution is 2.13. The third-order valence-electron chi connectivity index (χ3n) is 3.83. The second-order valence-corrected chi connectivity index (χ2v) is 6.04. The number of benzene rings is 1. The molecule has 0 aliphatic rings. The van der Waals surface area contributed by atoms with Crippen LogP contribution >= 0.6 is 0 Å². The molecule has 0 radical (unpaired) electrons. The second-order valence-electron chi connectivity index (χ2n) is 6.04. The van der Waals surface area contributed by atoms with Crippen molar-refractivity contribution in [1.82, 2.24) is 5.32 Å². The molecule has 3 N–H and O–H groups in total. The molecule has 0 fully saturated rings. The van der Waals surface area contributed by atoms with Crippen molar-refractivity contribution in [3.63, 3.8) is 0 Å². The van der Waals surface area contributed by atoms with Crippen molar-refractivity contribution in [1.29, 1.82) is 0 Å². The van der Waals surface area contributed by atoms with Crippen molar-refractivity contribution in [2.24, 2.45) is 5.92 Å². The molecule has 0 bridgehead atoms. The van der Waals surface area contributed by atoms with Crippen LogP contribution in [-0.2, 0) is 11.3 Å². The summed E-state index contributed by atoms with van der Waals surface area (Å²) in [6, 6.07) is 7.25. The van der Waals surface area contributed by atoms with Gasteiger partial charge in [-0.1, -0.05) is 38.8 Å². The summed E-state index contributed by atoms with van der Waals surface area (Å²) in [5.74, 6) is 0.215. The summed E-state index contributed by atoms with van der Waals surface area (Å²) >= 11 is 0. The Morgan fingerprint density at radius 2 is 1.96 bits per heavy atom. The van der Waals surface area contributed by atoms with Gasteiger partial charge in [0.1, 0.15) is 0 Å². The number of aliphatic hydroxyl groups excluding tert-OH is 1. The Labute approximate surface area is 139 Å². The molecule has 130 valence electrons. The predicted octanol–water partition coefficient (Wildman–Crippen LogP) is 3.53. The third kappa shape index (κ3) is 7.48. The molecule has 0 saturated carbocycles. The number of urea groups is 1. The Bertz CT molecular complexity index is 473. The molecule has 1 aromatic carbocycles. The van der Waals surface area contributed by atoms with E-state index in [1.54, 1.807) is 0 Å². The van der Waals surface area contributed by atoms with E-state index in [-0.39, 0.29) is 24.6 Å².